The topological polar surface area (TPSA) is 44.1 Å². The molecule has 4 heteroatoms. The van der Waals surface area contributed by atoms with Crippen LogP contribution < -0.4 is 0 Å². The number of hydrogen-bond acceptors (Lipinski definition) is 2. The molecular weight excluding hydrogens is 255 g/mol. The van der Waals surface area contributed by atoms with Gasteiger partial charge < -0.3 is 4.90 Å². The maximum atomic E-state index is 13.8. The van der Waals surface area contributed by atoms with Crippen molar-refractivity contribution >= 4 is 5.91 Å². The molecule has 0 aliphatic heterocycles. The van der Waals surface area contributed by atoms with Gasteiger partial charge in [-0.2, -0.15) is 5.26 Å². The Hall–Kier alpha value is -2.67. The Morgan fingerprint density at radius 2 is 1.75 bits per heavy atom. The van der Waals surface area contributed by atoms with Gasteiger partial charge in [-0.3, -0.25) is 4.79 Å². The van der Waals surface area contributed by atoms with E-state index >= 15 is 0 Å². The lowest BCUT2D eigenvalue weighted by molar-refractivity contribution is 0.0761. The normalized spacial score (nSPS) is 11.4. The monoisotopic (exact) mass is 268 g/mol. The third kappa shape index (κ3) is 2.67. The van der Waals surface area contributed by atoms with Gasteiger partial charge in [0.05, 0.1) is 6.07 Å². The maximum absolute atomic E-state index is 13.8. The zero-order valence-corrected chi connectivity index (χ0v) is 11.0. The van der Waals surface area contributed by atoms with Crippen molar-refractivity contribution in [3.8, 4) is 6.07 Å². The number of halogens is 1. The number of amides is 1. The van der Waals surface area contributed by atoms with Gasteiger partial charge in [0.2, 0.25) is 0 Å². The molecule has 2 rings (SSSR count). The summed E-state index contributed by atoms with van der Waals surface area (Å²) in [6.45, 7) is 0. The summed E-state index contributed by atoms with van der Waals surface area (Å²) < 4.78 is 13.8. The van der Waals surface area contributed by atoms with Crippen LogP contribution in [-0.2, 0) is 0 Å². The van der Waals surface area contributed by atoms with Crippen molar-refractivity contribution in [2.24, 2.45) is 0 Å². The summed E-state index contributed by atoms with van der Waals surface area (Å²) in [5.41, 5.74) is 0.661. The molecule has 2 aromatic carbocycles. The second kappa shape index (κ2) is 5.98. The fourth-order valence-corrected chi connectivity index (χ4v) is 1.96. The van der Waals surface area contributed by atoms with Crippen LogP contribution in [0.2, 0.25) is 0 Å². The lowest BCUT2D eigenvalue weighted by Crippen LogP contribution is -2.31. The van der Waals surface area contributed by atoms with E-state index in [0.29, 0.717) is 5.56 Å². The molecule has 1 atom stereocenters. The van der Waals surface area contributed by atoms with Crippen LogP contribution in [0.3, 0.4) is 0 Å². The van der Waals surface area contributed by atoms with Crippen molar-refractivity contribution in [2.75, 3.05) is 7.05 Å². The first kappa shape index (κ1) is 13.8. The second-order valence-electron chi connectivity index (χ2n) is 4.34. The highest BCUT2D eigenvalue weighted by Crippen LogP contribution is 2.23. The molecule has 0 saturated heterocycles. The van der Waals surface area contributed by atoms with Gasteiger partial charge in [-0.25, -0.2) is 4.39 Å². The Kier molecular flexibility index (Phi) is 4.11. The number of nitriles is 1. The molecule has 0 aliphatic carbocycles. The molecule has 0 bridgehead atoms. The van der Waals surface area contributed by atoms with E-state index in [4.69, 9.17) is 0 Å². The van der Waals surface area contributed by atoms with Crippen LogP contribution in [0.1, 0.15) is 22.0 Å². The summed E-state index contributed by atoms with van der Waals surface area (Å²) in [6, 6.07) is 15.6. The van der Waals surface area contributed by atoms with E-state index in [1.807, 2.05) is 6.07 Å². The average Bonchev–Trinajstić information content (AvgIpc) is 2.50. The van der Waals surface area contributed by atoms with Crippen molar-refractivity contribution in [3.63, 3.8) is 0 Å². The fraction of sp³-hybridized carbons (Fsp3) is 0.125. The first-order chi connectivity index (χ1) is 9.65. The van der Waals surface area contributed by atoms with Crippen LogP contribution in [-0.4, -0.2) is 17.9 Å². The predicted molar refractivity (Wildman–Crippen MR) is 73.3 cm³/mol. The summed E-state index contributed by atoms with van der Waals surface area (Å²) in [6.07, 6.45) is 0. The molecule has 1 unspecified atom stereocenters. The minimum atomic E-state index is -0.955. The van der Waals surface area contributed by atoms with E-state index in [1.165, 1.54) is 24.1 Å². The highest BCUT2D eigenvalue weighted by Gasteiger charge is 2.24. The number of hydrogen-bond donors (Lipinski definition) is 0. The van der Waals surface area contributed by atoms with Crippen LogP contribution >= 0.6 is 0 Å². The molecule has 0 radical (unpaired) electrons. The molecule has 0 N–H and O–H groups in total. The van der Waals surface area contributed by atoms with Gasteiger partial charge in [-0.15, -0.1) is 0 Å². The number of carbonyl (C=O) groups excluding carboxylic acids is 1. The molecule has 0 saturated carbocycles. The van der Waals surface area contributed by atoms with Crippen LogP contribution in [0.4, 0.5) is 4.39 Å². The Morgan fingerprint density at radius 1 is 1.15 bits per heavy atom. The molecule has 0 aliphatic rings. The zero-order chi connectivity index (χ0) is 14.5. The first-order valence-corrected chi connectivity index (χ1v) is 6.11. The molecule has 2 aromatic rings. The van der Waals surface area contributed by atoms with Gasteiger partial charge in [0.25, 0.3) is 5.91 Å². The molecule has 100 valence electrons. The number of nitrogens with zero attached hydrogens (tertiary/aromatic N) is 2. The standard InChI is InChI=1S/C16H13FN2O/c1-19(16(20)12-7-3-2-4-8-12)15(11-18)13-9-5-6-10-14(13)17/h2-10,15H,1H3. The molecule has 20 heavy (non-hydrogen) atoms. The van der Waals surface area contributed by atoms with Gasteiger partial charge in [0.1, 0.15) is 11.9 Å². The SMILES string of the molecule is CN(C(=O)c1ccccc1)C(C#N)c1ccccc1F. The molecule has 3 nitrogen and oxygen atoms in total. The van der Waals surface area contributed by atoms with Crippen LogP contribution in [0, 0.1) is 17.1 Å². The summed E-state index contributed by atoms with van der Waals surface area (Å²) in [4.78, 5) is 13.5. The Labute approximate surface area is 116 Å². The lowest BCUT2D eigenvalue weighted by atomic mass is 10.1. The van der Waals surface area contributed by atoms with Crippen LogP contribution in [0.25, 0.3) is 0 Å². The largest absolute Gasteiger partial charge is 0.322 e. The molecular formula is C16H13FN2O. The number of carbonyl (C=O) groups is 1. The van der Waals surface area contributed by atoms with Crippen molar-refractivity contribution in [2.45, 2.75) is 6.04 Å². The Balaban J connectivity index is 2.32. The minimum Gasteiger partial charge on any atom is -0.322 e. The first-order valence-electron chi connectivity index (χ1n) is 6.11. The van der Waals surface area contributed by atoms with Gasteiger partial charge in [-0.1, -0.05) is 36.4 Å². The highest BCUT2D eigenvalue weighted by molar-refractivity contribution is 5.94. The minimum absolute atomic E-state index is 0.196. The summed E-state index contributed by atoms with van der Waals surface area (Å²) in [5.74, 6) is -0.813. The van der Waals surface area contributed by atoms with Crippen molar-refractivity contribution in [1.29, 1.82) is 5.26 Å². The average molecular weight is 268 g/mol. The van der Waals surface area contributed by atoms with E-state index in [1.54, 1.807) is 42.5 Å². The fourth-order valence-electron chi connectivity index (χ4n) is 1.96. The molecule has 1 amide bonds. The van der Waals surface area contributed by atoms with Crippen LogP contribution in [0.5, 0.6) is 0 Å². The Bertz CT molecular complexity index is 649. The third-order valence-corrected chi connectivity index (χ3v) is 3.05. The number of benzene rings is 2. The molecule has 0 heterocycles. The summed E-state index contributed by atoms with van der Waals surface area (Å²) in [5, 5.41) is 9.26. The van der Waals surface area contributed by atoms with E-state index in [9.17, 15) is 14.4 Å². The third-order valence-electron chi connectivity index (χ3n) is 3.05. The zero-order valence-electron chi connectivity index (χ0n) is 11.0. The molecule has 0 spiro atoms. The number of rotatable bonds is 3. The predicted octanol–water partition coefficient (Wildman–Crippen LogP) is 3.16. The van der Waals surface area contributed by atoms with E-state index in [0.717, 1.165) is 0 Å². The van der Waals surface area contributed by atoms with Crippen LogP contribution in [0.15, 0.2) is 54.6 Å². The van der Waals surface area contributed by atoms with Crippen molar-refractivity contribution in [1.82, 2.24) is 4.90 Å². The van der Waals surface area contributed by atoms with E-state index in [-0.39, 0.29) is 11.5 Å². The van der Waals surface area contributed by atoms with Gasteiger partial charge in [-0.05, 0) is 18.2 Å². The summed E-state index contributed by atoms with van der Waals surface area (Å²) >= 11 is 0. The lowest BCUT2D eigenvalue weighted by Gasteiger charge is -2.23. The van der Waals surface area contributed by atoms with Gasteiger partial charge >= 0.3 is 0 Å². The Morgan fingerprint density at radius 3 is 2.35 bits per heavy atom. The smallest absolute Gasteiger partial charge is 0.254 e. The van der Waals surface area contributed by atoms with E-state index in [2.05, 4.69) is 0 Å². The quantitative estimate of drug-likeness (QED) is 0.858. The maximum Gasteiger partial charge on any atom is 0.254 e. The second-order valence-corrected chi connectivity index (χ2v) is 4.34. The van der Waals surface area contributed by atoms with Gasteiger partial charge in [0.15, 0.2) is 0 Å². The molecule has 0 aromatic heterocycles. The van der Waals surface area contributed by atoms with Crippen molar-refractivity contribution in [3.05, 3.63) is 71.5 Å². The highest BCUT2D eigenvalue weighted by atomic mass is 19.1. The molecule has 0 fully saturated rings. The summed E-state index contributed by atoms with van der Waals surface area (Å²) in [7, 11) is 1.50. The van der Waals surface area contributed by atoms with E-state index < -0.39 is 11.9 Å². The van der Waals surface area contributed by atoms with Crippen molar-refractivity contribution < 1.29 is 9.18 Å². The van der Waals surface area contributed by atoms with Gasteiger partial charge in [0, 0.05) is 18.2 Å².